The van der Waals surface area contributed by atoms with Crippen molar-refractivity contribution in [2.45, 2.75) is 70.8 Å². The van der Waals surface area contributed by atoms with Crippen molar-refractivity contribution in [2.24, 2.45) is 0 Å². The summed E-state index contributed by atoms with van der Waals surface area (Å²) in [5.41, 5.74) is 0. The molecule has 0 aliphatic carbocycles. The fourth-order valence-corrected chi connectivity index (χ4v) is 1.88. The maximum absolute atomic E-state index is 8.65. The van der Waals surface area contributed by atoms with Crippen LogP contribution >= 0.6 is 0 Å². The zero-order valence-electron chi connectivity index (χ0n) is 11.7. The molecule has 0 aromatic heterocycles. The van der Waals surface area contributed by atoms with Crippen molar-refractivity contribution in [3.63, 3.8) is 0 Å². The van der Waals surface area contributed by atoms with Gasteiger partial charge in [-0.05, 0) is 25.7 Å². The van der Waals surface area contributed by atoms with Crippen molar-refractivity contribution in [3.05, 3.63) is 12.2 Å². The lowest BCUT2D eigenvalue weighted by Crippen LogP contribution is -2.08. The van der Waals surface area contributed by atoms with E-state index in [1.165, 1.54) is 38.5 Å². The molecule has 0 rings (SSSR count). The molecule has 2 heteroatoms. The third-order valence-electron chi connectivity index (χ3n) is 3.06. The Balaban J connectivity index is 3.45. The zero-order chi connectivity index (χ0) is 12.8. The van der Waals surface area contributed by atoms with Gasteiger partial charge in [0, 0.05) is 13.7 Å². The second-order valence-electron chi connectivity index (χ2n) is 4.63. The summed E-state index contributed by atoms with van der Waals surface area (Å²) in [5.74, 6) is 0. The smallest absolute Gasteiger partial charge is 0.0605 e. The first-order chi connectivity index (χ1) is 8.35. The Bertz CT molecular complexity index is 166. The third-order valence-corrected chi connectivity index (χ3v) is 3.06. The summed E-state index contributed by atoms with van der Waals surface area (Å²) < 4.78 is 5.46. The van der Waals surface area contributed by atoms with E-state index < -0.39 is 0 Å². The summed E-state index contributed by atoms with van der Waals surface area (Å²) in [6.07, 6.45) is 15.4. The fourth-order valence-electron chi connectivity index (χ4n) is 1.88. The standard InChI is InChI=1S/C15H30O2/c1-3-4-5-6-9-12-15(17-2)13-10-7-8-11-14-16/h7,10,15-16H,3-6,8-9,11-14H2,1-2H3/b10-7+. The molecule has 0 amide bonds. The summed E-state index contributed by atoms with van der Waals surface area (Å²) >= 11 is 0. The summed E-state index contributed by atoms with van der Waals surface area (Å²) in [4.78, 5) is 0. The Labute approximate surface area is 107 Å². The Hall–Kier alpha value is -0.340. The average Bonchev–Trinajstić information content (AvgIpc) is 2.36. The van der Waals surface area contributed by atoms with Gasteiger partial charge in [0.15, 0.2) is 0 Å². The molecule has 1 N–H and O–H groups in total. The van der Waals surface area contributed by atoms with E-state index in [4.69, 9.17) is 9.84 Å². The van der Waals surface area contributed by atoms with Gasteiger partial charge in [-0.15, -0.1) is 0 Å². The van der Waals surface area contributed by atoms with Crippen molar-refractivity contribution < 1.29 is 9.84 Å². The Morgan fingerprint density at radius 2 is 1.82 bits per heavy atom. The molecule has 17 heavy (non-hydrogen) atoms. The van der Waals surface area contributed by atoms with Crippen LogP contribution in [-0.4, -0.2) is 24.9 Å². The van der Waals surface area contributed by atoms with Crippen LogP contribution in [0.1, 0.15) is 64.7 Å². The van der Waals surface area contributed by atoms with E-state index >= 15 is 0 Å². The number of unbranched alkanes of at least 4 members (excludes halogenated alkanes) is 5. The maximum atomic E-state index is 8.65. The van der Waals surface area contributed by atoms with Crippen LogP contribution < -0.4 is 0 Å². The van der Waals surface area contributed by atoms with E-state index in [1.54, 1.807) is 7.11 Å². The molecule has 0 aliphatic rings. The van der Waals surface area contributed by atoms with Crippen LogP contribution in [-0.2, 0) is 4.74 Å². The highest BCUT2D eigenvalue weighted by molar-refractivity contribution is 4.84. The molecule has 1 atom stereocenters. The zero-order valence-corrected chi connectivity index (χ0v) is 11.7. The second kappa shape index (κ2) is 13.7. The molecule has 0 aromatic carbocycles. The van der Waals surface area contributed by atoms with Gasteiger partial charge in [-0.2, -0.15) is 0 Å². The van der Waals surface area contributed by atoms with Crippen LogP contribution in [0.4, 0.5) is 0 Å². The van der Waals surface area contributed by atoms with Crippen molar-refractivity contribution in [1.29, 1.82) is 0 Å². The van der Waals surface area contributed by atoms with Crippen molar-refractivity contribution in [2.75, 3.05) is 13.7 Å². The summed E-state index contributed by atoms with van der Waals surface area (Å²) in [7, 11) is 1.80. The summed E-state index contributed by atoms with van der Waals surface area (Å²) in [6.45, 7) is 2.53. The normalized spacial score (nSPS) is 13.4. The van der Waals surface area contributed by atoms with Gasteiger partial charge in [-0.25, -0.2) is 0 Å². The number of methoxy groups -OCH3 is 1. The molecule has 0 aliphatic heterocycles. The number of aliphatic hydroxyl groups is 1. The van der Waals surface area contributed by atoms with Gasteiger partial charge in [-0.3, -0.25) is 0 Å². The highest BCUT2D eigenvalue weighted by Gasteiger charge is 2.04. The predicted molar refractivity (Wildman–Crippen MR) is 74.2 cm³/mol. The van der Waals surface area contributed by atoms with E-state index in [1.807, 2.05) is 0 Å². The van der Waals surface area contributed by atoms with Crippen LogP contribution in [0.2, 0.25) is 0 Å². The number of aliphatic hydroxyl groups excluding tert-OH is 1. The molecule has 0 radical (unpaired) electrons. The number of allylic oxidation sites excluding steroid dienone is 1. The number of hydrogen-bond donors (Lipinski definition) is 1. The topological polar surface area (TPSA) is 29.5 Å². The summed E-state index contributed by atoms with van der Waals surface area (Å²) in [6, 6.07) is 0. The first-order valence-corrected chi connectivity index (χ1v) is 7.13. The minimum Gasteiger partial charge on any atom is -0.396 e. The second-order valence-corrected chi connectivity index (χ2v) is 4.63. The van der Waals surface area contributed by atoms with Gasteiger partial charge in [0.25, 0.3) is 0 Å². The molecule has 0 aromatic rings. The Morgan fingerprint density at radius 3 is 2.47 bits per heavy atom. The van der Waals surface area contributed by atoms with Gasteiger partial charge >= 0.3 is 0 Å². The molecule has 2 nitrogen and oxygen atoms in total. The number of ether oxygens (including phenoxy) is 1. The molecular weight excluding hydrogens is 212 g/mol. The van der Waals surface area contributed by atoms with Crippen LogP contribution in [0.5, 0.6) is 0 Å². The number of hydrogen-bond acceptors (Lipinski definition) is 2. The monoisotopic (exact) mass is 242 g/mol. The largest absolute Gasteiger partial charge is 0.396 e. The van der Waals surface area contributed by atoms with Gasteiger partial charge < -0.3 is 9.84 Å². The highest BCUT2D eigenvalue weighted by atomic mass is 16.5. The first kappa shape index (κ1) is 16.7. The van der Waals surface area contributed by atoms with E-state index in [2.05, 4.69) is 19.1 Å². The molecule has 0 spiro atoms. The minimum atomic E-state index is 0.287. The Morgan fingerprint density at radius 1 is 1.06 bits per heavy atom. The maximum Gasteiger partial charge on any atom is 0.0605 e. The molecule has 0 fully saturated rings. The Kier molecular flexibility index (Phi) is 13.4. The lowest BCUT2D eigenvalue weighted by molar-refractivity contribution is 0.0952. The van der Waals surface area contributed by atoms with Crippen LogP contribution in [0, 0.1) is 0 Å². The molecule has 102 valence electrons. The SMILES string of the molecule is CCCCCCCC(C/C=C/CCCO)OC. The number of rotatable bonds is 12. The van der Waals surface area contributed by atoms with E-state index in [-0.39, 0.29) is 6.61 Å². The average molecular weight is 242 g/mol. The minimum absolute atomic E-state index is 0.287. The van der Waals surface area contributed by atoms with Crippen molar-refractivity contribution in [3.8, 4) is 0 Å². The van der Waals surface area contributed by atoms with Gasteiger partial charge in [0.05, 0.1) is 6.10 Å². The quantitative estimate of drug-likeness (QED) is 0.413. The van der Waals surface area contributed by atoms with Crippen molar-refractivity contribution in [1.82, 2.24) is 0 Å². The summed E-state index contributed by atoms with van der Waals surface area (Å²) in [5, 5.41) is 8.65. The van der Waals surface area contributed by atoms with Gasteiger partial charge in [0.2, 0.25) is 0 Å². The fraction of sp³-hybridized carbons (Fsp3) is 0.867. The predicted octanol–water partition coefficient (Wildman–Crippen LogP) is 4.08. The highest BCUT2D eigenvalue weighted by Crippen LogP contribution is 2.12. The molecule has 1 unspecified atom stereocenters. The van der Waals surface area contributed by atoms with E-state index in [0.29, 0.717) is 6.10 Å². The molecular formula is C15H30O2. The van der Waals surface area contributed by atoms with Crippen LogP contribution in [0.3, 0.4) is 0 Å². The van der Waals surface area contributed by atoms with Crippen LogP contribution in [0.15, 0.2) is 12.2 Å². The van der Waals surface area contributed by atoms with Crippen LogP contribution in [0.25, 0.3) is 0 Å². The first-order valence-electron chi connectivity index (χ1n) is 7.13. The third kappa shape index (κ3) is 11.9. The van der Waals surface area contributed by atoms with Gasteiger partial charge in [-0.1, -0.05) is 51.2 Å². The van der Waals surface area contributed by atoms with Gasteiger partial charge in [0.1, 0.15) is 0 Å². The lowest BCUT2D eigenvalue weighted by Gasteiger charge is -2.12. The molecule has 0 saturated heterocycles. The molecule has 0 saturated carbocycles. The molecule has 0 heterocycles. The lowest BCUT2D eigenvalue weighted by atomic mass is 10.1. The van der Waals surface area contributed by atoms with E-state index in [0.717, 1.165) is 19.3 Å². The molecule has 0 bridgehead atoms. The van der Waals surface area contributed by atoms with E-state index in [9.17, 15) is 0 Å². The van der Waals surface area contributed by atoms with Crippen molar-refractivity contribution >= 4 is 0 Å².